The second-order valence-corrected chi connectivity index (χ2v) is 8.77. The van der Waals surface area contributed by atoms with Crippen LogP contribution in [0.15, 0.2) is 65.8 Å². The summed E-state index contributed by atoms with van der Waals surface area (Å²) in [7, 11) is 0. The van der Waals surface area contributed by atoms with Gasteiger partial charge >= 0.3 is 0 Å². The van der Waals surface area contributed by atoms with Crippen LogP contribution in [0.3, 0.4) is 0 Å². The standard InChI is InChI=1S/C26H26N4OS/c1-5-17(3)29-30-26-27-22-15-16(2)23(18(4)24(22)32-26)28-25(31)21-13-11-20(12-14-21)19-9-7-6-8-10-19/h6-15H,5H2,1-4H3,(H,27,30)(H,28,31)/b29-17+. The average molecular weight is 443 g/mol. The van der Waals surface area contributed by atoms with E-state index in [-0.39, 0.29) is 5.91 Å². The summed E-state index contributed by atoms with van der Waals surface area (Å²) in [5.74, 6) is -0.124. The minimum absolute atomic E-state index is 0.124. The van der Waals surface area contributed by atoms with Gasteiger partial charge in [-0.1, -0.05) is 60.7 Å². The first-order valence-corrected chi connectivity index (χ1v) is 11.4. The maximum absolute atomic E-state index is 13.0. The number of hydrogen-bond donors (Lipinski definition) is 2. The lowest BCUT2D eigenvalue weighted by Gasteiger charge is -2.12. The molecule has 0 atom stereocenters. The molecule has 0 aliphatic rings. The summed E-state index contributed by atoms with van der Waals surface area (Å²) in [5.41, 5.74) is 10.6. The highest BCUT2D eigenvalue weighted by Gasteiger charge is 2.15. The van der Waals surface area contributed by atoms with E-state index in [4.69, 9.17) is 0 Å². The van der Waals surface area contributed by atoms with E-state index in [0.717, 1.165) is 55.4 Å². The monoisotopic (exact) mass is 442 g/mol. The van der Waals surface area contributed by atoms with Gasteiger partial charge in [0.25, 0.3) is 5.91 Å². The van der Waals surface area contributed by atoms with Gasteiger partial charge < -0.3 is 5.32 Å². The predicted octanol–water partition coefficient (Wildman–Crippen LogP) is 7.03. The molecule has 0 saturated heterocycles. The molecule has 1 heterocycles. The third-order valence-corrected chi connectivity index (χ3v) is 6.56. The van der Waals surface area contributed by atoms with Crippen molar-refractivity contribution in [2.24, 2.45) is 5.10 Å². The van der Waals surface area contributed by atoms with Crippen molar-refractivity contribution >= 4 is 44.0 Å². The minimum Gasteiger partial charge on any atom is -0.321 e. The van der Waals surface area contributed by atoms with Crippen molar-refractivity contribution < 1.29 is 4.79 Å². The van der Waals surface area contributed by atoms with E-state index in [1.165, 1.54) is 0 Å². The summed E-state index contributed by atoms with van der Waals surface area (Å²) in [4.78, 5) is 17.6. The zero-order chi connectivity index (χ0) is 22.7. The number of amides is 1. The van der Waals surface area contributed by atoms with Gasteiger partial charge in [-0.15, -0.1) is 0 Å². The molecule has 5 nitrogen and oxygen atoms in total. The Morgan fingerprint density at radius 2 is 1.72 bits per heavy atom. The summed E-state index contributed by atoms with van der Waals surface area (Å²) in [6.07, 6.45) is 0.887. The topological polar surface area (TPSA) is 66.4 Å². The van der Waals surface area contributed by atoms with Crippen molar-refractivity contribution in [3.8, 4) is 11.1 Å². The fourth-order valence-corrected chi connectivity index (χ4v) is 4.37. The molecule has 0 unspecified atom stereocenters. The SMILES string of the molecule is CC/C(C)=N/Nc1nc2cc(C)c(NC(=O)c3ccc(-c4ccccc4)cc3)c(C)c2s1. The molecule has 0 bridgehead atoms. The molecule has 4 rings (SSSR count). The Kier molecular flexibility index (Phi) is 6.32. The lowest BCUT2D eigenvalue weighted by Crippen LogP contribution is -2.13. The van der Waals surface area contributed by atoms with Crippen LogP contribution in [-0.4, -0.2) is 16.6 Å². The smallest absolute Gasteiger partial charge is 0.255 e. The van der Waals surface area contributed by atoms with Gasteiger partial charge in [-0.2, -0.15) is 5.10 Å². The maximum atomic E-state index is 13.0. The van der Waals surface area contributed by atoms with Gasteiger partial charge in [0.2, 0.25) is 5.13 Å². The second-order valence-electron chi connectivity index (χ2n) is 7.77. The summed E-state index contributed by atoms with van der Waals surface area (Å²) in [6.45, 7) is 8.06. The van der Waals surface area contributed by atoms with E-state index in [2.05, 4.69) is 39.9 Å². The van der Waals surface area contributed by atoms with E-state index < -0.39 is 0 Å². The number of anilines is 2. The Morgan fingerprint density at radius 3 is 2.41 bits per heavy atom. The number of aryl methyl sites for hydroxylation is 2. The molecular weight excluding hydrogens is 416 g/mol. The van der Waals surface area contributed by atoms with E-state index in [9.17, 15) is 4.79 Å². The number of hydrazone groups is 1. The lowest BCUT2D eigenvalue weighted by molar-refractivity contribution is 0.102. The number of benzene rings is 3. The molecule has 1 aromatic heterocycles. The Bertz CT molecular complexity index is 1290. The van der Waals surface area contributed by atoms with Gasteiger partial charge in [-0.25, -0.2) is 4.98 Å². The summed E-state index contributed by atoms with van der Waals surface area (Å²) in [6, 6.07) is 19.8. The maximum Gasteiger partial charge on any atom is 0.255 e. The van der Waals surface area contributed by atoms with Crippen LogP contribution in [-0.2, 0) is 0 Å². The number of nitrogens with zero attached hydrogens (tertiary/aromatic N) is 2. The van der Waals surface area contributed by atoms with E-state index >= 15 is 0 Å². The number of fused-ring (bicyclic) bond motifs is 1. The van der Waals surface area contributed by atoms with Crippen molar-refractivity contribution in [1.82, 2.24) is 4.98 Å². The van der Waals surface area contributed by atoms with Crippen molar-refractivity contribution in [3.63, 3.8) is 0 Å². The number of aromatic nitrogens is 1. The highest BCUT2D eigenvalue weighted by molar-refractivity contribution is 7.22. The van der Waals surface area contributed by atoms with Crippen LogP contribution in [0.4, 0.5) is 10.8 Å². The lowest BCUT2D eigenvalue weighted by atomic mass is 10.0. The van der Waals surface area contributed by atoms with Gasteiger partial charge in [0, 0.05) is 17.0 Å². The van der Waals surface area contributed by atoms with Gasteiger partial charge in [0.15, 0.2) is 0 Å². The van der Waals surface area contributed by atoms with Crippen molar-refractivity contribution in [2.45, 2.75) is 34.1 Å². The third-order valence-electron chi connectivity index (χ3n) is 5.46. The Labute approximate surface area is 192 Å². The van der Waals surface area contributed by atoms with Gasteiger partial charge in [0.05, 0.1) is 10.2 Å². The van der Waals surface area contributed by atoms with E-state index in [0.29, 0.717) is 5.56 Å². The summed E-state index contributed by atoms with van der Waals surface area (Å²) in [5, 5.41) is 8.20. The van der Waals surface area contributed by atoms with Crippen LogP contribution < -0.4 is 10.7 Å². The Morgan fingerprint density at radius 1 is 1.03 bits per heavy atom. The number of thiazole rings is 1. The van der Waals surface area contributed by atoms with Crippen LogP contribution in [0.1, 0.15) is 41.8 Å². The molecule has 2 N–H and O–H groups in total. The van der Waals surface area contributed by atoms with E-state index in [1.807, 2.05) is 69.3 Å². The quantitative estimate of drug-likeness (QED) is 0.249. The molecule has 0 saturated carbocycles. The van der Waals surface area contributed by atoms with Crippen LogP contribution in [0.5, 0.6) is 0 Å². The molecule has 0 aliphatic carbocycles. The molecule has 0 fully saturated rings. The highest BCUT2D eigenvalue weighted by atomic mass is 32.1. The Hall–Kier alpha value is -3.51. The Balaban J connectivity index is 1.57. The zero-order valence-electron chi connectivity index (χ0n) is 18.7. The first-order valence-electron chi connectivity index (χ1n) is 10.6. The zero-order valence-corrected chi connectivity index (χ0v) is 19.5. The molecule has 0 aliphatic heterocycles. The molecule has 6 heteroatoms. The largest absolute Gasteiger partial charge is 0.321 e. The normalized spacial score (nSPS) is 11.6. The second kappa shape index (κ2) is 9.32. The minimum atomic E-state index is -0.124. The summed E-state index contributed by atoms with van der Waals surface area (Å²) >= 11 is 1.54. The van der Waals surface area contributed by atoms with Gasteiger partial charge in [-0.05, 0) is 67.6 Å². The number of hydrogen-bond acceptors (Lipinski definition) is 5. The van der Waals surface area contributed by atoms with Crippen LogP contribution >= 0.6 is 11.3 Å². The van der Waals surface area contributed by atoms with Gasteiger partial charge in [0.1, 0.15) is 0 Å². The van der Waals surface area contributed by atoms with Gasteiger partial charge in [-0.3, -0.25) is 10.2 Å². The highest BCUT2D eigenvalue weighted by Crippen LogP contribution is 2.35. The van der Waals surface area contributed by atoms with Crippen molar-refractivity contribution in [2.75, 3.05) is 10.7 Å². The molecule has 3 aromatic carbocycles. The molecule has 4 aromatic rings. The summed E-state index contributed by atoms with van der Waals surface area (Å²) < 4.78 is 1.04. The van der Waals surface area contributed by atoms with Crippen LogP contribution in [0.2, 0.25) is 0 Å². The molecule has 0 radical (unpaired) electrons. The average Bonchev–Trinajstić information content (AvgIpc) is 3.23. The van der Waals surface area contributed by atoms with Crippen LogP contribution in [0, 0.1) is 13.8 Å². The molecular formula is C26H26N4OS. The molecule has 32 heavy (non-hydrogen) atoms. The number of rotatable bonds is 6. The number of carbonyl (C=O) groups excluding carboxylic acids is 1. The molecule has 1 amide bonds. The fourth-order valence-electron chi connectivity index (χ4n) is 3.48. The molecule has 0 spiro atoms. The van der Waals surface area contributed by atoms with E-state index in [1.54, 1.807) is 11.3 Å². The van der Waals surface area contributed by atoms with Crippen molar-refractivity contribution in [3.05, 3.63) is 77.4 Å². The predicted molar refractivity (Wildman–Crippen MR) is 136 cm³/mol. The third kappa shape index (κ3) is 4.55. The number of carbonyl (C=O) groups is 1. The van der Waals surface area contributed by atoms with Crippen LogP contribution in [0.25, 0.3) is 21.3 Å². The fraction of sp³-hybridized carbons (Fsp3) is 0.192. The number of nitrogens with one attached hydrogen (secondary N) is 2. The van der Waals surface area contributed by atoms with Crippen molar-refractivity contribution in [1.29, 1.82) is 0 Å². The first-order chi connectivity index (χ1) is 15.5. The molecule has 162 valence electrons. The first kappa shape index (κ1) is 21.7.